The molecule has 2 heterocycles. The predicted molar refractivity (Wildman–Crippen MR) is 138 cm³/mol. The lowest BCUT2D eigenvalue weighted by Gasteiger charge is -2.36. The van der Waals surface area contributed by atoms with E-state index >= 15 is 0 Å². The van der Waals surface area contributed by atoms with E-state index in [1.165, 1.54) is 16.6 Å². The van der Waals surface area contributed by atoms with Crippen LogP contribution in [0.3, 0.4) is 0 Å². The molecular weight excluding hydrogens is 467 g/mol. The molecule has 3 aromatic carbocycles. The molecule has 0 radical (unpaired) electrons. The average Bonchev–Trinajstić information content (AvgIpc) is 3.20. The molecule has 1 unspecified atom stereocenters. The second-order valence-corrected chi connectivity index (χ2v) is 9.24. The number of nitrogens with one attached hydrogen (secondary N) is 2. The van der Waals surface area contributed by atoms with Gasteiger partial charge in [-0.2, -0.15) is 0 Å². The van der Waals surface area contributed by atoms with Gasteiger partial charge in [-0.1, -0.05) is 71.4 Å². The summed E-state index contributed by atoms with van der Waals surface area (Å²) < 4.78 is 0. The molecular formula is C26H24Cl2N6. The van der Waals surface area contributed by atoms with E-state index in [9.17, 15) is 0 Å². The Kier molecular flexibility index (Phi) is 6.39. The lowest BCUT2D eigenvalue weighted by Crippen LogP contribution is -2.35. The largest absolute Gasteiger partial charge is 0.357 e. The molecule has 0 fully saturated rings. The van der Waals surface area contributed by atoms with Gasteiger partial charge in [0.2, 0.25) is 0 Å². The lowest BCUT2D eigenvalue weighted by atomic mass is 9.92. The van der Waals surface area contributed by atoms with E-state index in [2.05, 4.69) is 68.7 Å². The predicted octanol–water partition coefficient (Wildman–Crippen LogP) is 6.42. The normalized spacial score (nSPS) is 16.1. The number of halogens is 2. The summed E-state index contributed by atoms with van der Waals surface area (Å²) in [6.45, 7) is 5.61. The number of aromatic nitrogens is 1. The van der Waals surface area contributed by atoms with E-state index in [0.29, 0.717) is 15.7 Å². The Morgan fingerprint density at radius 1 is 1.09 bits per heavy atom. The van der Waals surface area contributed by atoms with Crippen molar-refractivity contribution in [2.24, 2.45) is 16.2 Å². The van der Waals surface area contributed by atoms with Crippen LogP contribution < -0.4 is 11.4 Å². The van der Waals surface area contributed by atoms with Gasteiger partial charge in [0.1, 0.15) is 0 Å². The first-order chi connectivity index (χ1) is 16.5. The fraction of sp³-hybridized carbons (Fsp3) is 0.154. The van der Waals surface area contributed by atoms with Crippen LogP contribution in [0, 0.1) is 0 Å². The highest BCUT2D eigenvalue weighted by Crippen LogP contribution is 2.40. The van der Waals surface area contributed by atoms with Crippen molar-refractivity contribution in [1.29, 1.82) is 0 Å². The first-order valence-electron chi connectivity index (χ1n) is 11.0. The number of benzene rings is 3. The second-order valence-electron chi connectivity index (χ2n) is 8.36. The molecule has 0 saturated heterocycles. The maximum atomic E-state index is 6.42. The number of hydrazine groups is 1. The van der Waals surface area contributed by atoms with E-state index in [4.69, 9.17) is 29.0 Å². The van der Waals surface area contributed by atoms with Crippen molar-refractivity contribution >= 4 is 39.8 Å². The van der Waals surface area contributed by atoms with Gasteiger partial charge in [-0.3, -0.25) is 4.90 Å². The maximum absolute atomic E-state index is 6.42. The summed E-state index contributed by atoms with van der Waals surface area (Å²) in [5.74, 6) is 5.19. The molecule has 4 aromatic rings. The van der Waals surface area contributed by atoms with Gasteiger partial charge in [-0.15, -0.1) is 5.11 Å². The molecule has 172 valence electrons. The highest BCUT2D eigenvalue weighted by Gasteiger charge is 2.32. The zero-order valence-electron chi connectivity index (χ0n) is 18.4. The zero-order valence-corrected chi connectivity index (χ0v) is 19.9. The fourth-order valence-electron chi connectivity index (χ4n) is 4.80. The first-order valence-corrected chi connectivity index (χ1v) is 11.7. The molecule has 1 aliphatic heterocycles. The molecule has 1 aromatic heterocycles. The molecule has 6 nitrogen and oxygen atoms in total. The standard InChI is InChI=1S/C26H24Cl2N6/c1-16(31-33-32-29)18-6-4-5-17(11-18)15-34-10-9-23-22-7-2-3-8-24(22)30-25(23)26(34)19-12-20(27)14-21(28)13-19/h2-8,11-14,26,30H,1,9-10,15H2,(H2,29,33)(H,31,32). The van der Waals surface area contributed by atoms with Crippen molar-refractivity contribution in [2.45, 2.75) is 19.0 Å². The molecule has 0 aliphatic carbocycles. The highest BCUT2D eigenvalue weighted by atomic mass is 35.5. The molecule has 5 rings (SSSR count). The second kappa shape index (κ2) is 9.60. The van der Waals surface area contributed by atoms with Crippen LogP contribution in [0.25, 0.3) is 16.6 Å². The van der Waals surface area contributed by atoms with Gasteiger partial charge in [-0.25, -0.2) is 11.4 Å². The van der Waals surface area contributed by atoms with Crippen LogP contribution in [0.15, 0.2) is 83.6 Å². The number of para-hydroxylation sites is 1. The summed E-state index contributed by atoms with van der Waals surface area (Å²) in [6, 6.07) is 22.4. The SMILES string of the molecule is C=C(/N=N\NN)c1cccc(CN2CCc3c([nH]c4ccccc34)C2c2cc(Cl)cc(Cl)c2)c1. The van der Waals surface area contributed by atoms with E-state index in [1.807, 2.05) is 24.3 Å². The third-order valence-electron chi connectivity index (χ3n) is 6.21. The van der Waals surface area contributed by atoms with Crippen LogP contribution in [0.5, 0.6) is 0 Å². The Morgan fingerprint density at radius 3 is 2.68 bits per heavy atom. The fourth-order valence-corrected chi connectivity index (χ4v) is 5.35. The highest BCUT2D eigenvalue weighted by molar-refractivity contribution is 6.34. The summed E-state index contributed by atoms with van der Waals surface area (Å²) in [5.41, 5.74) is 9.49. The van der Waals surface area contributed by atoms with Crippen molar-refractivity contribution in [3.05, 3.63) is 111 Å². The average molecular weight is 491 g/mol. The Labute approximate surface area is 208 Å². The number of aromatic amines is 1. The van der Waals surface area contributed by atoms with Crippen molar-refractivity contribution < 1.29 is 0 Å². The topological polar surface area (TPSA) is 81.8 Å². The monoisotopic (exact) mass is 490 g/mol. The lowest BCUT2D eigenvalue weighted by molar-refractivity contribution is 0.202. The number of nitrogens with two attached hydrogens (primary N) is 1. The van der Waals surface area contributed by atoms with E-state index < -0.39 is 0 Å². The Hall–Kier alpha value is -3.16. The molecule has 4 N–H and O–H groups in total. The van der Waals surface area contributed by atoms with Crippen molar-refractivity contribution in [1.82, 2.24) is 15.4 Å². The summed E-state index contributed by atoms with van der Waals surface area (Å²) in [5, 5.41) is 10.1. The van der Waals surface area contributed by atoms with Crippen LogP contribution in [0.2, 0.25) is 10.0 Å². The summed E-state index contributed by atoms with van der Waals surface area (Å²) in [7, 11) is 0. The van der Waals surface area contributed by atoms with Crippen LogP contribution >= 0.6 is 23.2 Å². The summed E-state index contributed by atoms with van der Waals surface area (Å²) in [6.07, 6.45) is 0.951. The van der Waals surface area contributed by atoms with Crippen LogP contribution in [0.4, 0.5) is 0 Å². The van der Waals surface area contributed by atoms with Gasteiger partial charge >= 0.3 is 0 Å². The van der Waals surface area contributed by atoms with Gasteiger partial charge < -0.3 is 4.98 Å². The molecule has 0 spiro atoms. The molecule has 8 heteroatoms. The van der Waals surface area contributed by atoms with Gasteiger partial charge in [0, 0.05) is 45.3 Å². The molecule has 0 amide bonds. The Morgan fingerprint density at radius 2 is 1.88 bits per heavy atom. The molecule has 0 saturated carbocycles. The van der Waals surface area contributed by atoms with Crippen LogP contribution in [0.1, 0.15) is 34.0 Å². The smallest absolute Gasteiger partial charge is 0.0875 e. The van der Waals surface area contributed by atoms with Gasteiger partial charge in [0.25, 0.3) is 0 Å². The Bertz CT molecular complexity index is 1370. The number of nitrogens with zero attached hydrogens (tertiary/aromatic N) is 3. The van der Waals surface area contributed by atoms with Crippen LogP contribution in [-0.4, -0.2) is 16.4 Å². The Balaban J connectivity index is 1.55. The third kappa shape index (κ3) is 4.45. The number of hydrogen-bond acceptors (Lipinski definition) is 4. The number of H-pyrrole nitrogens is 1. The number of hydrogen-bond donors (Lipinski definition) is 3. The quantitative estimate of drug-likeness (QED) is 0.165. The van der Waals surface area contributed by atoms with Gasteiger partial charge in [-0.05, 0) is 53.4 Å². The minimum atomic E-state index is -0.0136. The van der Waals surface area contributed by atoms with Crippen LogP contribution in [-0.2, 0) is 13.0 Å². The summed E-state index contributed by atoms with van der Waals surface area (Å²) in [4.78, 5) is 6.13. The third-order valence-corrected chi connectivity index (χ3v) is 6.65. The number of fused-ring (bicyclic) bond motifs is 3. The molecule has 0 bridgehead atoms. The zero-order chi connectivity index (χ0) is 23.7. The maximum Gasteiger partial charge on any atom is 0.0875 e. The first kappa shape index (κ1) is 22.6. The van der Waals surface area contributed by atoms with E-state index in [0.717, 1.165) is 41.7 Å². The minimum absolute atomic E-state index is 0.0136. The van der Waals surface area contributed by atoms with Gasteiger partial charge in [0.15, 0.2) is 0 Å². The molecule has 1 atom stereocenters. The van der Waals surface area contributed by atoms with Crippen molar-refractivity contribution in [2.75, 3.05) is 6.54 Å². The molecule has 1 aliphatic rings. The molecule has 34 heavy (non-hydrogen) atoms. The van der Waals surface area contributed by atoms with Gasteiger partial charge in [0.05, 0.1) is 11.7 Å². The van der Waals surface area contributed by atoms with E-state index in [1.54, 1.807) is 6.07 Å². The number of rotatable bonds is 6. The minimum Gasteiger partial charge on any atom is -0.357 e. The van der Waals surface area contributed by atoms with E-state index in [-0.39, 0.29) is 6.04 Å². The van der Waals surface area contributed by atoms with Crippen molar-refractivity contribution in [3.63, 3.8) is 0 Å². The summed E-state index contributed by atoms with van der Waals surface area (Å²) >= 11 is 12.8. The van der Waals surface area contributed by atoms with Crippen molar-refractivity contribution in [3.8, 4) is 0 Å².